The van der Waals surface area contributed by atoms with Crippen LogP contribution >= 0.6 is 39.1 Å². The molecule has 2 rings (SSSR count). The molecule has 0 amide bonds. The van der Waals surface area contributed by atoms with E-state index in [9.17, 15) is 9.00 Å². The topological polar surface area (TPSA) is 34.1 Å². The first kappa shape index (κ1) is 15.7. The van der Waals surface area contributed by atoms with Gasteiger partial charge in [-0.3, -0.25) is 9.00 Å². The fourth-order valence-electron chi connectivity index (χ4n) is 1.56. The lowest BCUT2D eigenvalue weighted by Crippen LogP contribution is -2.11. The predicted molar refractivity (Wildman–Crippen MR) is 86.2 cm³/mol. The number of carbonyl (C=O) groups excluding carboxylic acids is 1. The lowest BCUT2D eigenvalue weighted by atomic mass is 10.1. The minimum atomic E-state index is -1.39. The third-order valence-electron chi connectivity index (χ3n) is 2.56. The van der Waals surface area contributed by atoms with Crippen molar-refractivity contribution in [2.24, 2.45) is 0 Å². The van der Waals surface area contributed by atoms with Crippen molar-refractivity contribution in [1.29, 1.82) is 0 Å². The van der Waals surface area contributed by atoms with E-state index in [1.165, 1.54) is 6.07 Å². The van der Waals surface area contributed by atoms with Crippen LogP contribution in [-0.4, -0.2) is 15.7 Å². The Labute approximate surface area is 137 Å². The van der Waals surface area contributed by atoms with Gasteiger partial charge in [-0.15, -0.1) is 0 Å². The number of benzene rings is 2. The van der Waals surface area contributed by atoms with Gasteiger partial charge in [-0.25, -0.2) is 0 Å². The van der Waals surface area contributed by atoms with E-state index in [-0.39, 0.29) is 11.5 Å². The molecule has 20 heavy (non-hydrogen) atoms. The highest BCUT2D eigenvalue weighted by atomic mass is 79.9. The van der Waals surface area contributed by atoms with Crippen molar-refractivity contribution in [3.05, 3.63) is 62.5 Å². The van der Waals surface area contributed by atoms with Crippen molar-refractivity contribution in [1.82, 2.24) is 0 Å². The molecule has 1 unspecified atom stereocenters. The van der Waals surface area contributed by atoms with E-state index in [0.717, 1.165) is 4.47 Å². The van der Waals surface area contributed by atoms with Gasteiger partial charge in [-0.05, 0) is 36.4 Å². The third-order valence-corrected chi connectivity index (χ3v) is 5.10. The molecular weight excluding hydrogens is 383 g/mol. The van der Waals surface area contributed by atoms with Crippen LogP contribution in [0.3, 0.4) is 0 Å². The summed E-state index contributed by atoms with van der Waals surface area (Å²) in [4.78, 5) is 12.7. The molecule has 0 spiro atoms. The molecular formula is C14H9BrCl2O2S. The van der Waals surface area contributed by atoms with Crippen LogP contribution in [0.5, 0.6) is 0 Å². The maximum absolute atomic E-state index is 12.1. The third kappa shape index (κ3) is 3.92. The van der Waals surface area contributed by atoms with Crippen LogP contribution in [0.4, 0.5) is 0 Å². The van der Waals surface area contributed by atoms with Gasteiger partial charge in [0.1, 0.15) is 0 Å². The first-order valence-corrected chi connectivity index (χ1v) is 8.46. The Hall–Kier alpha value is -0.680. The van der Waals surface area contributed by atoms with Crippen molar-refractivity contribution in [2.45, 2.75) is 4.90 Å². The average Bonchev–Trinajstić information content (AvgIpc) is 2.41. The van der Waals surface area contributed by atoms with Gasteiger partial charge in [0.25, 0.3) is 0 Å². The van der Waals surface area contributed by atoms with E-state index in [1.54, 1.807) is 30.3 Å². The number of Topliss-reactive ketones (excluding diaryl/α,β-unsaturated/α-hetero) is 1. The van der Waals surface area contributed by atoms with Gasteiger partial charge < -0.3 is 0 Å². The largest absolute Gasteiger partial charge is 0.293 e. The Bertz CT molecular complexity index is 689. The summed E-state index contributed by atoms with van der Waals surface area (Å²) in [6.07, 6.45) is 0. The second-order valence-electron chi connectivity index (χ2n) is 4.00. The Morgan fingerprint density at radius 3 is 2.50 bits per heavy atom. The Balaban J connectivity index is 2.15. The summed E-state index contributed by atoms with van der Waals surface area (Å²) in [5.74, 6) is -0.323. The lowest BCUT2D eigenvalue weighted by Gasteiger charge is -2.04. The zero-order chi connectivity index (χ0) is 14.7. The summed E-state index contributed by atoms with van der Waals surface area (Å²) in [7, 11) is -1.39. The zero-order valence-corrected chi connectivity index (χ0v) is 14.0. The number of hydrogen-bond acceptors (Lipinski definition) is 2. The highest BCUT2D eigenvalue weighted by molar-refractivity contribution is 9.10. The number of halogens is 3. The molecule has 2 aromatic carbocycles. The summed E-state index contributed by atoms with van der Waals surface area (Å²) in [5.41, 5.74) is 0.405. The first-order chi connectivity index (χ1) is 9.47. The molecule has 0 saturated heterocycles. The van der Waals surface area contributed by atoms with Gasteiger partial charge in [0.15, 0.2) is 5.78 Å². The molecule has 2 nitrogen and oxygen atoms in total. The van der Waals surface area contributed by atoms with E-state index >= 15 is 0 Å². The number of rotatable bonds is 4. The average molecular weight is 392 g/mol. The van der Waals surface area contributed by atoms with Gasteiger partial charge >= 0.3 is 0 Å². The van der Waals surface area contributed by atoms with Crippen molar-refractivity contribution >= 4 is 55.7 Å². The molecule has 0 aromatic heterocycles. The Morgan fingerprint density at radius 2 is 1.85 bits per heavy atom. The summed E-state index contributed by atoms with van der Waals surface area (Å²) in [5, 5.41) is 0.696. The molecule has 0 bridgehead atoms. The van der Waals surface area contributed by atoms with Gasteiger partial charge in [0.2, 0.25) is 0 Å². The molecule has 0 fully saturated rings. The number of hydrogen-bond donors (Lipinski definition) is 0. The van der Waals surface area contributed by atoms with Crippen LogP contribution in [0.2, 0.25) is 10.0 Å². The minimum absolute atomic E-state index is 0.0889. The standard InChI is InChI=1S/C14H9BrCl2O2S/c15-10-2-1-3-11(7-10)20(19)8-14(18)9-4-5-12(16)13(17)6-9/h1-7H,8H2. The molecule has 0 saturated carbocycles. The molecule has 0 heterocycles. The Kier molecular flexibility index (Phi) is 5.38. The van der Waals surface area contributed by atoms with Crippen LogP contribution in [0.15, 0.2) is 51.8 Å². The molecule has 0 N–H and O–H groups in total. The van der Waals surface area contributed by atoms with Crippen LogP contribution in [0, 0.1) is 0 Å². The SMILES string of the molecule is O=C(CS(=O)c1cccc(Br)c1)c1ccc(Cl)c(Cl)c1. The fraction of sp³-hybridized carbons (Fsp3) is 0.0714. The second kappa shape index (κ2) is 6.85. The predicted octanol–water partition coefficient (Wildman–Crippen LogP) is 4.75. The van der Waals surface area contributed by atoms with Crippen LogP contribution < -0.4 is 0 Å². The van der Waals surface area contributed by atoms with Crippen molar-refractivity contribution in [3.8, 4) is 0 Å². The van der Waals surface area contributed by atoms with Crippen LogP contribution in [0.25, 0.3) is 0 Å². The monoisotopic (exact) mass is 390 g/mol. The molecule has 2 aromatic rings. The normalized spacial score (nSPS) is 12.2. The molecule has 0 aliphatic heterocycles. The first-order valence-electron chi connectivity index (χ1n) is 5.59. The highest BCUT2D eigenvalue weighted by Crippen LogP contribution is 2.23. The van der Waals surface area contributed by atoms with Crippen molar-refractivity contribution < 1.29 is 9.00 Å². The van der Waals surface area contributed by atoms with Gasteiger partial charge in [-0.1, -0.05) is 45.2 Å². The maximum atomic E-state index is 12.1. The van der Waals surface area contributed by atoms with Crippen LogP contribution in [-0.2, 0) is 10.8 Å². The molecule has 0 aliphatic rings. The minimum Gasteiger partial charge on any atom is -0.293 e. The quantitative estimate of drug-likeness (QED) is 0.705. The van der Waals surface area contributed by atoms with Crippen molar-refractivity contribution in [2.75, 3.05) is 5.75 Å². The Morgan fingerprint density at radius 1 is 1.10 bits per heavy atom. The highest BCUT2D eigenvalue weighted by Gasteiger charge is 2.13. The van der Waals surface area contributed by atoms with E-state index in [0.29, 0.717) is 20.5 Å². The molecule has 104 valence electrons. The number of carbonyl (C=O) groups is 1. The molecule has 1 atom stereocenters. The van der Waals surface area contributed by atoms with Gasteiger partial charge in [0, 0.05) is 14.9 Å². The zero-order valence-electron chi connectivity index (χ0n) is 10.1. The van der Waals surface area contributed by atoms with E-state index in [2.05, 4.69) is 15.9 Å². The molecule has 0 aliphatic carbocycles. The maximum Gasteiger partial charge on any atom is 0.175 e. The number of ketones is 1. The van der Waals surface area contributed by atoms with Crippen molar-refractivity contribution in [3.63, 3.8) is 0 Å². The lowest BCUT2D eigenvalue weighted by molar-refractivity contribution is 0.102. The second-order valence-corrected chi connectivity index (χ2v) is 7.18. The van der Waals surface area contributed by atoms with E-state index in [1.807, 2.05) is 6.07 Å². The van der Waals surface area contributed by atoms with Gasteiger partial charge in [0.05, 0.1) is 26.6 Å². The smallest absolute Gasteiger partial charge is 0.175 e. The van der Waals surface area contributed by atoms with Gasteiger partial charge in [-0.2, -0.15) is 0 Å². The summed E-state index contributed by atoms with van der Waals surface area (Å²) >= 11 is 15.0. The summed E-state index contributed by atoms with van der Waals surface area (Å²) < 4.78 is 13.0. The fourth-order valence-corrected chi connectivity index (χ4v) is 3.47. The van der Waals surface area contributed by atoms with E-state index in [4.69, 9.17) is 23.2 Å². The van der Waals surface area contributed by atoms with E-state index < -0.39 is 10.8 Å². The van der Waals surface area contributed by atoms with Crippen LogP contribution in [0.1, 0.15) is 10.4 Å². The molecule has 6 heteroatoms. The summed E-state index contributed by atoms with van der Waals surface area (Å²) in [6.45, 7) is 0. The molecule has 0 radical (unpaired) electrons. The summed E-state index contributed by atoms with van der Waals surface area (Å²) in [6, 6.07) is 11.7.